The van der Waals surface area contributed by atoms with Crippen LogP contribution in [0, 0.1) is 0 Å². The zero-order chi connectivity index (χ0) is 15.4. The minimum Gasteiger partial charge on any atom is -0.336 e. The van der Waals surface area contributed by atoms with E-state index >= 15 is 0 Å². The molecule has 0 spiro atoms. The molecule has 0 N–H and O–H groups in total. The van der Waals surface area contributed by atoms with Crippen molar-refractivity contribution >= 4 is 35.0 Å². The summed E-state index contributed by atoms with van der Waals surface area (Å²) in [4.78, 5) is 5.32. The molecule has 0 aliphatic rings. The molecule has 0 bridgehead atoms. The number of hydrogen-bond acceptors (Lipinski definition) is 2. The fourth-order valence-electron chi connectivity index (χ4n) is 2.21. The highest BCUT2D eigenvalue weighted by Gasteiger charge is 2.17. The van der Waals surface area contributed by atoms with Crippen LogP contribution in [0.5, 0.6) is 0 Å². The first-order valence-corrected chi connectivity index (χ1v) is 8.48. The van der Waals surface area contributed by atoms with Gasteiger partial charge in [0.15, 0.2) is 0 Å². The highest BCUT2D eigenvalue weighted by atomic mass is 35.5. The monoisotopic (exact) mass is 348 g/mol. The first-order valence-electron chi connectivity index (χ1n) is 6.85. The first kappa shape index (κ1) is 15.5. The third-order valence-electron chi connectivity index (χ3n) is 3.27. The summed E-state index contributed by atoms with van der Waals surface area (Å²) < 4.78 is 2.06. The van der Waals surface area contributed by atoms with Crippen LogP contribution in [-0.4, -0.2) is 9.55 Å². The van der Waals surface area contributed by atoms with Gasteiger partial charge in [0.1, 0.15) is 0 Å². The van der Waals surface area contributed by atoms with Crippen LogP contribution >= 0.6 is 35.0 Å². The minimum atomic E-state index is 0.182. The van der Waals surface area contributed by atoms with E-state index < -0.39 is 0 Å². The minimum absolute atomic E-state index is 0.182. The van der Waals surface area contributed by atoms with Crippen LogP contribution in [0.1, 0.15) is 10.8 Å². The van der Waals surface area contributed by atoms with Crippen LogP contribution in [0.3, 0.4) is 0 Å². The maximum Gasteiger partial charge on any atom is 0.0946 e. The molecular weight excluding hydrogens is 335 g/mol. The third kappa shape index (κ3) is 3.86. The van der Waals surface area contributed by atoms with Crippen LogP contribution in [-0.2, 0) is 6.54 Å². The molecule has 0 aliphatic heterocycles. The van der Waals surface area contributed by atoms with Crippen molar-refractivity contribution in [2.24, 2.45) is 0 Å². The quantitative estimate of drug-likeness (QED) is 0.548. The normalized spacial score (nSPS) is 12.3. The van der Waals surface area contributed by atoms with Crippen molar-refractivity contribution in [2.45, 2.75) is 16.7 Å². The molecule has 5 heteroatoms. The molecule has 1 aromatic heterocycles. The summed E-state index contributed by atoms with van der Waals surface area (Å²) in [6, 6.07) is 16.0. The van der Waals surface area contributed by atoms with E-state index in [0.29, 0.717) is 10.0 Å². The zero-order valence-corrected chi connectivity index (χ0v) is 14.0. The molecule has 0 radical (unpaired) electrons. The lowest BCUT2D eigenvalue weighted by Gasteiger charge is -2.19. The molecule has 0 fully saturated rings. The first-order chi connectivity index (χ1) is 10.7. The summed E-state index contributed by atoms with van der Waals surface area (Å²) in [5, 5.41) is 1.53. The Bertz CT molecular complexity index is 730. The second kappa shape index (κ2) is 7.23. The fourth-order valence-corrected chi connectivity index (χ4v) is 4.04. The van der Waals surface area contributed by atoms with Crippen LogP contribution in [0.15, 0.2) is 72.1 Å². The smallest absolute Gasteiger partial charge is 0.0946 e. The van der Waals surface area contributed by atoms with Gasteiger partial charge in [0.25, 0.3) is 0 Å². The summed E-state index contributed by atoms with van der Waals surface area (Å²) in [5.41, 5.74) is 1.08. The van der Waals surface area contributed by atoms with Crippen molar-refractivity contribution in [1.82, 2.24) is 9.55 Å². The maximum atomic E-state index is 6.41. The Morgan fingerprint density at radius 3 is 2.59 bits per heavy atom. The lowest BCUT2D eigenvalue weighted by atomic mass is 10.1. The van der Waals surface area contributed by atoms with Gasteiger partial charge in [-0.25, -0.2) is 4.98 Å². The van der Waals surface area contributed by atoms with E-state index in [-0.39, 0.29) is 5.25 Å². The Kier molecular flexibility index (Phi) is 5.08. The molecule has 3 aromatic rings. The molecule has 0 amide bonds. The van der Waals surface area contributed by atoms with E-state index in [0.717, 1.165) is 12.1 Å². The Morgan fingerprint density at radius 2 is 1.91 bits per heavy atom. The Hall–Kier alpha value is -1.42. The largest absolute Gasteiger partial charge is 0.336 e. The van der Waals surface area contributed by atoms with Crippen molar-refractivity contribution in [2.75, 3.05) is 0 Å². The second-order valence-electron chi connectivity index (χ2n) is 4.84. The van der Waals surface area contributed by atoms with Gasteiger partial charge in [-0.3, -0.25) is 0 Å². The Balaban J connectivity index is 1.91. The lowest BCUT2D eigenvalue weighted by molar-refractivity contribution is 0.683. The molecule has 1 heterocycles. The van der Waals surface area contributed by atoms with Crippen molar-refractivity contribution in [3.05, 3.63) is 82.9 Å². The Morgan fingerprint density at radius 1 is 1.09 bits per heavy atom. The molecule has 0 aliphatic carbocycles. The van der Waals surface area contributed by atoms with E-state index in [1.807, 2.05) is 42.9 Å². The number of aromatic nitrogens is 2. The molecule has 0 saturated carbocycles. The second-order valence-corrected chi connectivity index (χ2v) is 6.96. The number of thioether (sulfide) groups is 1. The predicted octanol–water partition coefficient (Wildman–Crippen LogP) is 5.72. The van der Waals surface area contributed by atoms with Gasteiger partial charge >= 0.3 is 0 Å². The van der Waals surface area contributed by atoms with Crippen LogP contribution in [0.4, 0.5) is 0 Å². The summed E-state index contributed by atoms with van der Waals surface area (Å²) >= 11 is 14.2. The van der Waals surface area contributed by atoms with Gasteiger partial charge in [-0.2, -0.15) is 0 Å². The highest BCUT2D eigenvalue weighted by Crippen LogP contribution is 2.40. The van der Waals surface area contributed by atoms with Gasteiger partial charge in [-0.15, -0.1) is 11.8 Å². The van der Waals surface area contributed by atoms with E-state index in [4.69, 9.17) is 23.2 Å². The SMILES string of the molecule is Clc1ccc(C(Cn2ccnc2)Sc2ccccc2)c(Cl)c1. The number of hydrogen-bond donors (Lipinski definition) is 0. The average Bonchev–Trinajstić information content (AvgIpc) is 3.01. The molecule has 3 rings (SSSR count). The van der Waals surface area contributed by atoms with Crippen LogP contribution < -0.4 is 0 Å². The number of benzene rings is 2. The lowest BCUT2D eigenvalue weighted by Crippen LogP contribution is -2.05. The van der Waals surface area contributed by atoms with Crippen LogP contribution in [0.25, 0.3) is 0 Å². The number of nitrogens with zero attached hydrogens (tertiary/aromatic N) is 2. The summed E-state index contributed by atoms with van der Waals surface area (Å²) in [6.45, 7) is 0.793. The number of halogens is 2. The van der Waals surface area contributed by atoms with Gasteiger partial charge in [-0.05, 0) is 29.8 Å². The van der Waals surface area contributed by atoms with Crippen molar-refractivity contribution in [3.63, 3.8) is 0 Å². The predicted molar refractivity (Wildman–Crippen MR) is 93.7 cm³/mol. The summed E-state index contributed by atoms with van der Waals surface area (Å²) in [5.74, 6) is 0. The van der Waals surface area contributed by atoms with E-state index in [2.05, 4.69) is 21.7 Å². The Labute approximate surface area is 144 Å². The fraction of sp³-hybridized carbons (Fsp3) is 0.118. The van der Waals surface area contributed by atoms with E-state index in [9.17, 15) is 0 Å². The molecule has 2 nitrogen and oxygen atoms in total. The van der Waals surface area contributed by atoms with Crippen molar-refractivity contribution in [3.8, 4) is 0 Å². The number of rotatable bonds is 5. The number of imidazole rings is 1. The maximum absolute atomic E-state index is 6.41. The van der Waals surface area contributed by atoms with Crippen molar-refractivity contribution in [1.29, 1.82) is 0 Å². The molecule has 0 saturated heterocycles. The summed E-state index contributed by atoms with van der Waals surface area (Å²) in [6.07, 6.45) is 5.57. The van der Waals surface area contributed by atoms with E-state index in [1.54, 1.807) is 24.0 Å². The molecule has 1 atom stereocenters. The van der Waals surface area contributed by atoms with Crippen LogP contribution in [0.2, 0.25) is 10.0 Å². The summed E-state index contributed by atoms with van der Waals surface area (Å²) in [7, 11) is 0. The van der Waals surface area contributed by atoms with E-state index in [1.165, 1.54) is 4.90 Å². The molecule has 22 heavy (non-hydrogen) atoms. The molecule has 1 unspecified atom stereocenters. The van der Waals surface area contributed by atoms with Crippen molar-refractivity contribution < 1.29 is 0 Å². The van der Waals surface area contributed by atoms with Gasteiger partial charge in [0, 0.05) is 33.9 Å². The highest BCUT2D eigenvalue weighted by molar-refractivity contribution is 7.99. The van der Waals surface area contributed by atoms with Gasteiger partial charge in [-0.1, -0.05) is 47.5 Å². The van der Waals surface area contributed by atoms with Gasteiger partial charge in [0.2, 0.25) is 0 Å². The zero-order valence-electron chi connectivity index (χ0n) is 11.7. The third-order valence-corrected chi connectivity index (χ3v) is 5.06. The topological polar surface area (TPSA) is 17.8 Å². The molecule has 2 aromatic carbocycles. The standard InChI is InChI=1S/C17H14Cl2N2S/c18-13-6-7-15(16(19)10-13)17(11-21-9-8-20-12-21)22-14-4-2-1-3-5-14/h1-10,12,17H,11H2. The molecular formula is C17H14Cl2N2S. The van der Waals surface area contributed by atoms with Gasteiger partial charge in [0.05, 0.1) is 11.6 Å². The van der Waals surface area contributed by atoms with Gasteiger partial charge < -0.3 is 4.57 Å². The average molecular weight is 349 g/mol. The molecule has 112 valence electrons.